The van der Waals surface area contributed by atoms with Crippen molar-refractivity contribution in [3.63, 3.8) is 0 Å². The van der Waals surface area contributed by atoms with Gasteiger partial charge in [-0.05, 0) is 29.9 Å². The molecule has 0 bridgehead atoms. The summed E-state index contributed by atoms with van der Waals surface area (Å²) < 4.78 is 0. The summed E-state index contributed by atoms with van der Waals surface area (Å²) >= 11 is 6.19. The molecule has 0 aliphatic carbocycles. The van der Waals surface area contributed by atoms with Crippen LogP contribution in [0.15, 0.2) is 42.5 Å². The maximum absolute atomic E-state index is 9.13. The second-order valence-corrected chi connectivity index (χ2v) is 4.31. The molecule has 70 valence electrons. The summed E-state index contributed by atoms with van der Waals surface area (Å²) in [5.41, 5.74) is 1.15. The van der Waals surface area contributed by atoms with Gasteiger partial charge in [0, 0.05) is 4.88 Å². The molecule has 0 saturated heterocycles. The number of aliphatic hydroxyl groups excluding tert-OH is 1. The standard InChI is InChI=1S/C11H8OS2/c12-11(13)10-7-6-9(14-10)8-4-2-1-3-5-8/h1-7H,(H,12,13). The fourth-order valence-corrected chi connectivity index (χ4v) is 2.25. The van der Waals surface area contributed by atoms with Crippen LogP contribution >= 0.6 is 23.6 Å². The molecular formula is C11H8OS2. The van der Waals surface area contributed by atoms with E-state index >= 15 is 0 Å². The number of hydrogen-bond acceptors (Lipinski definition) is 2. The van der Waals surface area contributed by atoms with Crippen molar-refractivity contribution < 1.29 is 5.11 Å². The van der Waals surface area contributed by atoms with Gasteiger partial charge in [-0.25, -0.2) is 0 Å². The largest absolute Gasteiger partial charge is 0.498 e. The fourth-order valence-electron chi connectivity index (χ4n) is 1.21. The number of rotatable bonds is 2. The third-order valence-electron chi connectivity index (χ3n) is 1.88. The van der Waals surface area contributed by atoms with Gasteiger partial charge in [0.2, 0.25) is 0 Å². The third kappa shape index (κ3) is 1.84. The van der Waals surface area contributed by atoms with Gasteiger partial charge in [0.05, 0.1) is 4.88 Å². The minimum atomic E-state index is -0.0304. The summed E-state index contributed by atoms with van der Waals surface area (Å²) in [5.74, 6) is 0. The van der Waals surface area contributed by atoms with Crippen LogP contribution in [0.4, 0.5) is 0 Å². The lowest BCUT2D eigenvalue weighted by atomic mass is 10.2. The lowest BCUT2D eigenvalue weighted by Gasteiger charge is -1.94. The van der Waals surface area contributed by atoms with Gasteiger partial charge in [-0.2, -0.15) is 0 Å². The van der Waals surface area contributed by atoms with Crippen molar-refractivity contribution in [2.75, 3.05) is 0 Å². The molecule has 2 aromatic rings. The first-order valence-corrected chi connectivity index (χ1v) is 5.38. The summed E-state index contributed by atoms with van der Waals surface area (Å²) in [4.78, 5) is 1.87. The van der Waals surface area contributed by atoms with Gasteiger partial charge in [0.1, 0.15) is 0 Å². The highest BCUT2D eigenvalue weighted by Crippen LogP contribution is 2.27. The first-order chi connectivity index (χ1) is 6.77. The Morgan fingerprint density at radius 1 is 1.07 bits per heavy atom. The number of hydrogen-bond donors (Lipinski definition) is 1. The Balaban J connectivity index is 2.39. The summed E-state index contributed by atoms with van der Waals surface area (Å²) in [5, 5.41) is 9.10. The van der Waals surface area contributed by atoms with Crippen molar-refractivity contribution in [2.45, 2.75) is 0 Å². The third-order valence-corrected chi connectivity index (χ3v) is 3.37. The van der Waals surface area contributed by atoms with E-state index in [-0.39, 0.29) is 5.05 Å². The highest BCUT2D eigenvalue weighted by atomic mass is 32.1. The zero-order valence-electron chi connectivity index (χ0n) is 7.31. The molecule has 2 rings (SSSR count). The van der Waals surface area contributed by atoms with E-state index in [1.807, 2.05) is 42.5 Å². The van der Waals surface area contributed by atoms with Gasteiger partial charge >= 0.3 is 0 Å². The van der Waals surface area contributed by atoms with E-state index in [0.717, 1.165) is 15.3 Å². The second kappa shape index (κ2) is 3.90. The normalized spacial score (nSPS) is 10.0. The SMILES string of the molecule is OC(=S)c1ccc(-c2ccccc2)s1. The summed E-state index contributed by atoms with van der Waals surface area (Å²) in [6, 6.07) is 13.9. The molecule has 1 N–H and O–H groups in total. The Kier molecular flexibility index (Phi) is 2.61. The lowest BCUT2D eigenvalue weighted by molar-refractivity contribution is 0.572. The highest BCUT2D eigenvalue weighted by molar-refractivity contribution is 7.80. The average Bonchev–Trinajstić information content (AvgIpc) is 2.68. The zero-order valence-corrected chi connectivity index (χ0v) is 8.94. The molecule has 0 saturated carbocycles. The topological polar surface area (TPSA) is 20.2 Å². The molecule has 0 radical (unpaired) electrons. The van der Waals surface area contributed by atoms with E-state index in [4.69, 9.17) is 17.3 Å². The minimum absolute atomic E-state index is 0.0304. The smallest absolute Gasteiger partial charge is 0.198 e. The average molecular weight is 220 g/mol. The monoisotopic (exact) mass is 220 g/mol. The van der Waals surface area contributed by atoms with Crippen LogP contribution in [-0.4, -0.2) is 10.2 Å². The van der Waals surface area contributed by atoms with Crippen molar-refractivity contribution in [3.05, 3.63) is 47.3 Å². The minimum Gasteiger partial charge on any atom is -0.498 e. The predicted octanol–water partition coefficient (Wildman–Crippen LogP) is 3.65. The van der Waals surface area contributed by atoms with Crippen LogP contribution in [0.2, 0.25) is 0 Å². The van der Waals surface area contributed by atoms with Crippen molar-refractivity contribution in [3.8, 4) is 10.4 Å². The molecule has 0 aliphatic heterocycles. The molecule has 0 spiro atoms. The van der Waals surface area contributed by atoms with Crippen molar-refractivity contribution in [1.82, 2.24) is 0 Å². The van der Waals surface area contributed by atoms with Crippen LogP contribution in [0.5, 0.6) is 0 Å². The Morgan fingerprint density at radius 2 is 1.79 bits per heavy atom. The molecule has 1 aromatic carbocycles. The van der Waals surface area contributed by atoms with Gasteiger partial charge in [0.25, 0.3) is 0 Å². The molecule has 1 nitrogen and oxygen atoms in total. The van der Waals surface area contributed by atoms with Gasteiger partial charge in [0.15, 0.2) is 5.05 Å². The Morgan fingerprint density at radius 3 is 2.36 bits per heavy atom. The molecule has 0 aliphatic rings. The van der Waals surface area contributed by atoms with Crippen LogP contribution in [0, 0.1) is 0 Å². The van der Waals surface area contributed by atoms with E-state index < -0.39 is 0 Å². The van der Waals surface area contributed by atoms with E-state index in [2.05, 4.69) is 0 Å². The zero-order chi connectivity index (χ0) is 9.97. The number of aliphatic hydroxyl groups is 1. The van der Waals surface area contributed by atoms with Gasteiger partial charge in [-0.15, -0.1) is 11.3 Å². The van der Waals surface area contributed by atoms with Crippen LogP contribution in [0.1, 0.15) is 4.88 Å². The van der Waals surface area contributed by atoms with Crippen LogP contribution in [0.25, 0.3) is 10.4 Å². The number of thiophene rings is 1. The Bertz CT molecular complexity index is 445. The van der Waals surface area contributed by atoms with Crippen LogP contribution in [0.3, 0.4) is 0 Å². The molecule has 1 aromatic heterocycles. The van der Waals surface area contributed by atoms with Gasteiger partial charge in [-0.3, -0.25) is 0 Å². The summed E-state index contributed by atoms with van der Waals surface area (Å²) in [6.45, 7) is 0. The highest BCUT2D eigenvalue weighted by Gasteiger charge is 2.04. The molecule has 3 heteroatoms. The quantitative estimate of drug-likeness (QED) is 0.780. The maximum Gasteiger partial charge on any atom is 0.198 e. The number of benzene rings is 1. The second-order valence-electron chi connectivity index (χ2n) is 2.84. The molecule has 0 fully saturated rings. The predicted molar refractivity (Wildman–Crippen MR) is 64.1 cm³/mol. The van der Waals surface area contributed by atoms with E-state index in [9.17, 15) is 0 Å². The van der Waals surface area contributed by atoms with Gasteiger partial charge < -0.3 is 5.11 Å². The molecule has 14 heavy (non-hydrogen) atoms. The van der Waals surface area contributed by atoms with Crippen molar-refractivity contribution in [1.29, 1.82) is 0 Å². The van der Waals surface area contributed by atoms with E-state index in [0.29, 0.717) is 0 Å². The molecule has 0 atom stereocenters. The maximum atomic E-state index is 9.13. The molecular weight excluding hydrogens is 212 g/mol. The van der Waals surface area contributed by atoms with Crippen molar-refractivity contribution in [2.24, 2.45) is 0 Å². The van der Waals surface area contributed by atoms with Crippen LogP contribution in [-0.2, 0) is 0 Å². The molecule has 0 amide bonds. The van der Waals surface area contributed by atoms with E-state index in [1.54, 1.807) is 0 Å². The number of thiocarbonyl (C=S) groups is 1. The Labute approximate surface area is 91.6 Å². The summed E-state index contributed by atoms with van der Waals surface area (Å²) in [7, 11) is 0. The Hall–Kier alpha value is -1.19. The lowest BCUT2D eigenvalue weighted by Crippen LogP contribution is -1.87. The van der Waals surface area contributed by atoms with Crippen LogP contribution < -0.4 is 0 Å². The van der Waals surface area contributed by atoms with Gasteiger partial charge in [-0.1, -0.05) is 30.3 Å². The molecule has 0 unspecified atom stereocenters. The fraction of sp³-hybridized carbons (Fsp3) is 0. The van der Waals surface area contributed by atoms with E-state index in [1.165, 1.54) is 11.3 Å². The summed E-state index contributed by atoms with van der Waals surface area (Å²) in [6.07, 6.45) is 0. The molecule has 1 heterocycles. The van der Waals surface area contributed by atoms with Crippen molar-refractivity contribution >= 4 is 28.6 Å². The first kappa shape index (κ1) is 9.37. The first-order valence-electron chi connectivity index (χ1n) is 4.16.